The summed E-state index contributed by atoms with van der Waals surface area (Å²) in [5.74, 6) is 1.30. The molecule has 0 saturated heterocycles. The second kappa shape index (κ2) is 10.7. The molecule has 4 rings (SSSR count). The molecule has 0 radical (unpaired) electrons. The number of esters is 1. The first-order chi connectivity index (χ1) is 16.9. The number of carbonyl (C=O) groups is 1. The van der Waals surface area contributed by atoms with Gasteiger partial charge in [-0.3, -0.25) is 0 Å². The van der Waals surface area contributed by atoms with Crippen LogP contribution in [-0.4, -0.2) is 27.6 Å². The van der Waals surface area contributed by atoms with Crippen molar-refractivity contribution in [1.82, 2.24) is 14.5 Å². The van der Waals surface area contributed by atoms with Gasteiger partial charge in [0, 0.05) is 17.7 Å². The van der Waals surface area contributed by atoms with Gasteiger partial charge < -0.3 is 14.0 Å². The van der Waals surface area contributed by atoms with E-state index in [2.05, 4.69) is 43.5 Å². The van der Waals surface area contributed by atoms with Crippen molar-refractivity contribution in [2.75, 3.05) is 7.11 Å². The predicted molar refractivity (Wildman–Crippen MR) is 138 cm³/mol. The summed E-state index contributed by atoms with van der Waals surface area (Å²) in [7, 11) is 1.38. The summed E-state index contributed by atoms with van der Waals surface area (Å²) >= 11 is 0. The molecule has 0 fully saturated rings. The number of hydrogen-bond acceptors (Lipinski definition) is 5. The molecular formula is C29H33N3O3. The SMILES string of the molecule is CCCc1cc(Cn2c(CC)nc3c(C)cc(C)nc32)ccc1OC(C(=O)OC)c1ccccc1. The maximum absolute atomic E-state index is 12.6. The standard InChI is InChI=1S/C29H33N3O3/c1-6-11-23-17-21(18-32-25(7-2)31-26-19(3)16-20(4)30-28(26)32)14-15-24(23)35-27(29(33)34-5)22-12-9-8-10-13-22/h8-10,12-17,27H,6-7,11,18H2,1-5H3. The molecule has 0 amide bonds. The Morgan fingerprint density at radius 2 is 1.80 bits per heavy atom. The number of carbonyl (C=O) groups excluding carboxylic acids is 1. The monoisotopic (exact) mass is 471 g/mol. The summed E-state index contributed by atoms with van der Waals surface area (Å²) in [5.41, 5.74) is 6.99. The Bertz CT molecular complexity index is 1330. The van der Waals surface area contributed by atoms with Crippen LogP contribution in [0.15, 0.2) is 54.6 Å². The van der Waals surface area contributed by atoms with Gasteiger partial charge in [0.15, 0.2) is 5.65 Å². The molecule has 2 heterocycles. The van der Waals surface area contributed by atoms with Crippen LogP contribution in [0.1, 0.15) is 60.1 Å². The Hall–Kier alpha value is -3.67. The molecule has 182 valence electrons. The third kappa shape index (κ3) is 5.21. The van der Waals surface area contributed by atoms with Gasteiger partial charge in [-0.05, 0) is 49.1 Å². The number of ether oxygens (including phenoxy) is 2. The van der Waals surface area contributed by atoms with Crippen LogP contribution < -0.4 is 4.74 Å². The highest BCUT2D eigenvalue weighted by atomic mass is 16.6. The van der Waals surface area contributed by atoms with Crippen molar-refractivity contribution in [1.29, 1.82) is 0 Å². The number of imidazole rings is 1. The van der Waals surface area contributed by atoms with Crippen LogP contribution in [0.25, 0.3) is 11.2 Å². The average Bonchev–Trinajstić information content (AvgIpc) is 3.21. The molecule has 0 aliphatic carbocycles. The third-order valence-corrected chi connectivity index (χ3v) is 6.16. The summed E-state index contributed by atoms with van der Waals surface area (Å²) in [6.07, 6.45) is 1.81. The lowest BCUT2D eigenvalue weighted by atomic mass is 10.0. The number of rotatable bonds is 9. The van der Waals surface area contributed by atoms with Crippen molar-refractivity contribution >= 4 is 17.1 Å². The minimum Gasteiger partial charge on any atom is -0.474 e. The Morgan fingerprint density at radius 1 is 1.03 bits per heavy atom. The quantitative estimate of drug-likeness (QED) is 0.284. The van der Waals surface area contributed by atoms with Gasteiger partial charge in [0.05, 0.1) is 13.7 Å². The molecule has 0 saturated carbocycles. The van der Waals surface area contributed by atoms with Gasteiger partial charge >= 0.3 is 5.97 Å². The van der Waals surface area contributed by atoms with E-state index in [1.54, 1.807) is 0 Å². The molecule has 0 aliphatic rings. The van der Waals surface area contributed by atoms with Gasteiger partial charge in [0.1, 0.15) is 17.1 Å². The van der Waals surface area contributed by atoms with Crippen molar-refractivity contribution in [3.8, 4) is 5.75 Å². The molecule has 0 spiro atoms. The first-order valence-corrected chi connectivity index (χ1v) is 12.2. The van der Waals surface area contributed by atoms with E-state index in [0.717, 1.165) is 64.2 Å². The maximum Gasteiger partial charge on any atom is 0.351 e. The smallest absolute Gasteiger partial charge is 0.351 e. The van der Waals surface area contributed by atoms with Crippen LogP contribution >= 0.6 is 0 Å². The molecule has 0 bridgehead atoms. The predicted octanol–water partition coefficient (Wildman–Crippen LogP) is 5.90. The van der Waals surface area contributed by atoms with Crippen LogP contribution in [-0.2, 0) is 28.9 Å². The fourth-order valence-electron chi connectivity index (χ4n) is 4.49. The van der Waals surface area contributed by atoms with Gasteiger partial charge in [-0.2, -0.15) is 0 Å². The number of nitrogens with zero attached hydrogens (tertiary/aromatic N) is 3. The molecule has 1 atom stereocenters. The van der Waals surface area contributed by atoms with Crippen molar-refractivity contribution in [2.45, 2.75) is 59.6 Å². The van der Waals surface area contributed by atoms with Crippen molar-refractivity contribution < 1.29 is 14.3 Å². The summed E-state index contributed by atoms with van der Waals surface area (Å²) in [4.78, 5) is 22.2. The number of aryl methyl sites for hydroxylation is 4. The molecular weight excluding hydrogens is 438 g/mol. The lowest BCUT2D eigenvalue weighted by Crippen LogP contribution is -2.20. The number of benzene rings is 2. The summed E-state index contributed by atoms with van der Waals surface area (Å²) in [6, 6.07) is 17.7. The number of aromatic nitrogens is 3. The van der Waals surface area contributed by atoms with Crippen LogP contribution in [0.5, 0.6) is 5.75 Å². The Labute approximate surface area is 206 Å². The Kier molecular flexibility index (Phi) is 7.49. The topological polar surface area (TPSA) is 66.2 Å². The van der Waals surface area contributed by atoms with Gasteiger partial charge in [-0.25, -0.2) is 14.8 Å². The maximum atomic E-state index is 12.6. The van der Waals surface area contributed by atoms with Crippen LogP contribution in [0.4, 0.5) is 0 Å². The van der Waals surface area contributed by atoms with Crippen molar-refractivity contribution in [3.05, 3.63) is 88.4 Å². The molecule has 35 heavy (non-hydrogen) atoms. The minimum atomic E-state index is -0.818. The van der Waals surface area contributed by atoms with Gasteiger partial charge in [0.25, 0.3) is 0 Å². The normalized spacial score (nSPS) is 12.0. The van der Waals surface area contributed by atoms with E-state index >= 15 is 0 Å². The highest BCUT2D eigenvalue weighted by molar-refractivity contribution is 5.77. The Morgan fingerprint density at radius 3 is 2.49 bits per heavy atom. The lowest BCUT2D eigenvalue weighted by molar-refractivity contribution is -0.149. The minimum absolute atomic E-state index is 0.419. The van der Waals surface area contributed by atoms with Crippen LogP contribution in [0.2, 0.25) is 0 Å². The third-order valence-electron chi connectivity index (χ3n) is 6.16. The number of methoxy groups -OCH3 is 1. The molecule has 4 aromatic rings. The fourth-order valence-corrected chi connectivity index (χ4v) is 4.49. The summed E-state index contributed by atoms with van der Waals surface area (Å²) in [6.45, 7) is 9.04. The molecule has 1 unspecified atom stereocenters. The van der Waals surface area contributed by atoms with Gasteiger partial charge in [0.2, 0.25) is 6.10 Å². The molecule has 0 N–H and O–H groups in total. The van der Waals surface area contributed by atoms with E-state index < -0.39 is 12.1 Å². The Balaban J connectivity index is 1.70. The number of hydrogen-bond donors (Lipinski definition) is 0. The summed E-state index contributed by atoms with van der Waals surface area (Å²) < 4.78 is 13.5. The van der Waals surface area contributed by atoms with Gasteiger partial charge in [-0.15, -0.1) is 0 Å². The van der Waals surface area contributed by atoms with E-state index in [1.165, 1.54) is 7.11 Å². The number of fused-ring (bicyclic) bond motifs is 1. The van der Waals surface area contributed by atoms with Gasteiger partial charge in [-0.1, -0.05) is 62.7 Å². The van der Waals surface area contributed by atoms with Crippen LogP contribution in [0, 0.1) is 13.8 Å². The second-order valence-corrected chi connectivity index (χ2v) is 8.84. The molecule has 2 aromatic heterocycles. The van der Waals surface area contributed by atoms with E-state index in [4.69, 9.17) is 19.4 Å². The largest absolute Gasteiger partial charge is 0.474 e. The first kappa shape index (κ1) is 24.5. The average molecular weight is 472 g/mol. The zero-order valence-electron chi connectivity index (χ0n) is 21.2. The molecule has 6 heteroatoms. The van der Waals surface area contributed by atoms with E-state index in [9.17, 15) is 4.79 Å². The summed E-state index contributed by atoms with van der Waals surface area (Å²) in [5, 5.41) is 0. The van der Waals surface area contributed by atoms with Crippen LogP contribution in [0.3, 0.4) is 0 Å². The van der Waals surface area contributed by atoms with Crippen molar-refractivity contribution in [2.24, 2.45) is 0 Å². The van der Waals surface area contributed by atoms with E-state index in [1.807, 2.05) is 43.3 Å². The lowest BCUT2D eigenvalue weighted by Gasteiger charge is -2.20. The van der Waals surface area contributed by atoms with Crippen molar-refractivity contribution in [3.63, 3.8) is 0 Å². The molecule has 2 aromatic carbocycles. The zero-order chi connectivity index (χ0) is 24.9. The highest BCUT2D eigenvalue weighted by Crippen LogP contribution is 2.29. The number of pyridine rings is 1. The second-order valence-electron chi connectivity index (χ2n) is 8.84. The fraction of sp³-hybridized carbons (Fsp3) is 0.345. The zero-order valence-corrected chi connectivity index (χ0v) is 21.2. The van der Waals surface area contributed by atoms with E-state index in [-0.39, 0.29) is 0 Å². The first-order valence-electron chi connectivity index (χ1n) is 12.2. The molecule has 6 nitrogen and oxygen atoms in total. The van der Waals surface area contributed by atoms with E-state index in [0.29, 0.717) is 12.3 Å². The highest BCUT2D eigenvalue weighted by Gasteiger charge is 2.24. The molecule has 0 aliphatic heterocycles.